The Morgan fingerprint density at radius 1 is 1.35 bits per heavy atom. The Bertz CT molecular complexity index is 864. The van der Waals surface area contributed by atoms with Gasteiger partial charge >= 0.3 is 6.18 Å². The van der Waals surface area contributed by atoms with Gasteiger partial charge in [-0.3, -0.25) is 0 Å². The molecule has 0 saturated heterocycles. The van der Waals surface area contributed by atoms with E-state index in [4.69, 9.17) is 0 Å². The molecule has 0 unspecified atom stereocenters. The summed E-state index contributed by atoms with van der Waals surface area (Å²) < 4.78 is 63.7. The lowest BCUT2D eigenvalue weighted by atomic mass is 10.1. The number of aryl methyl sites for hydroxylation is 1. The van der Waals surface area contributed by atoms with Crippen LogP contribution >= 0.6 is 0 Å². The lowest BCUT2D eigenvalue weighted by Gasteiger charge is -2.11. The van der Waals surface area contributed by atoms with Gasteiger partial charge in [0.2, 0.25) is 6.20 Å². The molecule has 124 valence electrons. The van der Waals surface area contributed by atoms with Gasteiger partial charge in [0.05, 0.1) is 17.7 Å². The monoisotopic (exact) mass is 347 g/mol. The van der Waals surface area contributed by atoms with Crippen molar-refractivity contribution in [3.05, 3.63) is 36.0 Å². The van der Waals surface area contributed by atoms with E-state index >= 15 is 0 Å². The molecule has 1 aromatic carbocycles. The molecule has 1 heterocycles. The average molecular weight is 347 g/mol. The van der Waals surface area contributed by atoms with Crippen molar-refractivity contribution in [3.63, 3.8) is 0 Å². The summed E-state index contributed by atoms with van der Waals surface area (Å²) in [6, 6.07) is 6.47. The molecule has 0 fully saturated rings. The Morgan fingerprint density at radius 3 is 2.65 bits per heavy atom. The van der Waals surface area contributed by atoms with Crippen LogP contribution in [-0.4, -0.2) is 31.3 Å². The van der Waals surface area contributed by atoms with E-state index in [1.165, 1.54) is 17.9 Å². The van der Waals surface area contributed by atoms with Gasteiger partial charge < -0.3 is 5.11 Å². The number of hydrogen-bond donors (Lipinski definition) is 0. The van der Waals surface area contributed by atoms with Crippen LogP contribution in [0.1, 0.15) is 12.0 Å². The first kappa shape index (κ1) is 17.1. The van der Waals surface area contributed by atoms with E-state index in [1.54, 1.807) is 24.3 Å². The van der Waals surface area contributed by atoms with Crippen LogP contribution in [-0.2, 0) is 17.1 Å². The number of benzene rings is 1. The summed E-state index contributed by atoms with van der Waals surface area (Å²) in [5.41, 5.74) is 0.387. The van der Waals surface area contributed by atoms with Crippen molar-refractivity contribution in [2.75, 3.05) is 5.75 Å². The maximum atomic E-state index is 12.1. The van der Waals surface area contributed by atoms with E-state index in [-0.39, 0.29) is 5.56 Å². The first-order valence-electron chi connectivity index (χ1n) is 6.40. The van der Waals surface area contributed by atoms with Gasteiger partial charge in [-0.25, -0.2) is 8.42 Å². The van der Waals surface area contributed by atoms with Crippen molar-refractivity contribution in [1.82, 2.24) is 5.10 Å². The second kappa shape index (κ2) is 6.11. The zero-order valence-electron chi connectivity index (χ0n) is 11.9. The van der Waals surface area contributed by atoms with E-state index in [2.05, 4.69) is 9.50 Å². The molecule has 0 aliphatic heterocycles. The topological polar surface area (TPSA) is 86.3 Å². The maximum absolute atomic E-state index is 12.1. The summed E-state index contributed by atoms with van der Waals surface area (Å²) in [4.78, 5) is 0. The molecule has 2 rings (SSSR count). The Kier molecular flexibility index (Phi) is 4.55. The molecule has 10 heteroatoms. The van der Waals surface area contributed by atoms with Crippen molar-refractivity contribution in [2.45, 2.75) is 12.6 Å². The highest BCUT2D eigenvalue weighted by Crippen LogP contribution is 2.21. The standard InChI is InChI=1S/C13H12F3N3O3S/c1-19-8-10(9-4-2-3-5-11(9)17-19)12(20)18-23(21,22)7-6-13(14,15)16/h2-5,8H,6-7H2,1H3. The lowest BCUT2D eigenvalue weighted by molar-refractivity contribution is -0.728. The molecule has 0 amide bonds. The zero-order chi connectivity index (χ0) is 17.3. The fraction of sp³-hybridized carbons (Fsp3) is 0.308. The van der Waals surface area contributed by atoms with Crippen LogP contribution in [0.5, 0.6) is 0 Å². The van der Waals surface area contributed by atoms with Crippen LogP contribution in [0.3, 0.4) is 0 Å². The summed E-state index contributed by atoms with van der Waals surface area (Å²) in [7, 11) is -2.99. The molecule has 0 spiro atoms. The molecule has 0 N–H and O–H groups in total. The van der Waals surface area contributed by atoms with Gasteiger partial charge in [-0.1, -0.05) is 22.9 Å². The minimum atomic E-state index is -4.64. The van der Waals surface area contributed by atoms with Gasteiger partial charge in [0, 0.05) is 11.3 Å². The fourth-order valence-electron chi connectivity index (χ4n) is 1.88. The Labute approximate surface area is 130 Å². The number of rotatable bonds is 4. The maximum Gasteiger partial charge on any atom is 0.390 e. The highest BCUT2D eigenvalue weighted by Gasteiger charge is 2.29. The smallest absolute Gasteiger partial charge is 0.390 e. The van der Waals surface area contributed by atoms with Gasteiger partial charge in [0.25, 0.3) is 10.0 Å². The molecule has 0 bridgehead atoms. The third-order valence-electron chi connectivity index (χ3n) is 2.87. The molecule has 6 nitrogen and oxygen atoms in total. The third-order valence-corrected chi connectivity index (χ3v) is 4.04. The quantitative estimate of drug-likeness (QED) is 0.456. The summed E-state index contributed by atoms with van der Waals surface area (Å²) in [6.07, 6.45) is -4.92. The van der Waals surface area contributed by atoms with E-state index in [0.29, 0.717) is 10.9 Å². The second-order valence-corrected chi connectivity index (χ2v) is 6.54. The van der Waals surface area contributed by atoms with Crippen LogP contribution < -0.4 is 9.79 Å². The van der Waals surface area contributed by atoms with Crippen molar-refractivity contribution in [1.29, 1.82) is 0 Å². The molecule has 2 aromatic rings. The molecule has 0 aliphatic rings. The Morgan fingerprint density at radius 2 is 2.00 bits per heavy atom. The lowest BCUT2D eigenvalue weighted by Crippen LogP contribution is -2.35. The van der Waals surface area contributed by atoms with Crippen molar-refractivity contribution in [2.24, 2.45) is 11.4 Å². The highest BCUT2D eigenvalue weighted by molar-refractivity contribution is 7.90. The van der Waals surface area contributed by atoms with Crippen molar-refractivity contribution >= 4 is 26.8 Å². The van der Waals surface area contributed by atoms with Crippen molar-refractivity contribution in [3.8, 4) is 0 Å². The Balaban J connectivity index is 2.42. The van der Waals surface area contributed by atoms with Crippen LogP contribution in [0.25, 0.3) is 10.9 Å². The molecule has 23 heavy (non-hydrogen) atoms. The van der Waals surface area contributed by atoms with E-state index in [0.717, 1.165) is 0 Å². The summed E-state index contributed by atoms with van der Waals surface area (Å²) in [5, 5.41) is 16.6. The number of alkyl halides is 3. The van der Waals surface area contributed by atoms with Gasteiger partial charge in [0.1, 0.15) is 5.52 Å². The summed E-state index contributed by atoms with van der Waals surface area (Å²) in [6.45, 7) is 0. The molecular weight excluding hydrogens is 335 g/mol. The molecule has 0 atom stereocenters. The van der Waals surface area contributed by atoms with Gasteiger partial charge in [-0.05, 0) is 11.2 Å². The zero-order valence-corrected chi connectivity index (χ0v) is 12.7. The molecule has 0 aliphatic carbocycles. The minimum absolute atomic E-state index is 0.0475. The third kappa shape index (κ3) is 4.62. The van der Waals surface area contributed by atoms with Crippen LogP contribution in [0.4, 0.5) is 13.2 Å². The van der Waals surface area contributed by atoms with E-state index < -0.39 is 34.3 Å². The average Bonchev–Trinajstić information content (AvgIpc) is 2.43. The first-order chi connectivity index (χ1) is 10.6. The predicted octanol–water partition coefficient (Wildman–Crippen LogP) is 0.448. The van der Waals surface area contributed by atoms with Gasteiger partial charge in [-0.15, -0.1) is 0 Å². The van der Waals surface area contributed by atoms with E-state index in [1.807, 2.05) is 0 Å². The van der Waals surface area contributed by atoms with Gasteiger partial charge in [0.15, 0.2) is 7.05 Å². The SMILES string of the molecule is C[n+]1cc(/C([O-])=N/S(=O)(=O)CCC(F)(F)F)c2ccccc2n1. The summed E-state index contributed by atoms with van der Waals surface area (Å²) in [5.74, 6) is -2.39. The number of halogens is 3. The second-order valence-electron chi connectivity index (χ2n) is 4.78. The van der Waals surface area contributed by atoms with Crippen LogP contribution in [0.2, 0.25) is 0 Å². The largest absolute Gasteiger partial charge is 0.857 e. The molecule has 0 saturated carbocycles. The van der Waals surface area contributed by atoms with Crippen molar-refractivity contribution < 1.29 is 31.4 Å². The molecular formula is C13H12F3N3O3S. The number of hydrogen-bond acceptors (Lipinski definition) is 4. The minimum Gasteiger partial charge on any atom is -0.857 e. The van der Waals surface area contributed by atoms with Crippen LogP contribution in [0.15, 0.2) is 34.9 Å². The highest BCUT2D eigenvalue weighted by atomic mass is 32.2. The number of fused-ring (bicyclic) bond motifs is 1. The normalized spacial score (nSPS) is 13.5. The van der Waals surface area contributed by atoms with E-state index in [9.17, 15) is 26.7 Å². The number of sulfonamides is 1. The molecule has 1 aromatic heterocycles. The van der Waals surface area contributed by atoms with Crippen LogP contribution in [0, 0.1) is 0 Å². The Hall–Kier alpha value is -2.23. The predicted molar refractivity (Wildman–Crippen MR) is 73.9 cm³/mol. The molecule has 0 radical (unpaired) electrons. The summed E-state index contributed by atoms with van der Waals surface area (Å²) >= 11 is 0. The fourth-order valence-corrected chi connectivity index (χ4v) is 2.81. The first-order valence-corrected chi connectivity index (χ1v) is 8.01. The van der Waals surface area contributed by atoms with Gasteiger partial charge in [-0.2, -0.15) is 17.6 Å². The number of aromatic nitrogens is 2. The number of nitrogens with zero attached hydrogens (tertiary/aromatic N) is 3.